The van der Waals surface area contributed by atoms with Crippen LogP contribution in [0.15, 0.2) is 18.2 Å². The van der Waals surface area contributed by atoms with Crippen molar-refractivity contribution in [3.05, 3.63) is 52.3 Å². The quantitative estimate of drug-likeness (QED) is 0.903. The maximum absolute atomic E-state index is 13.6. The first-order valence-electron chi connectivity index (χ1n) is 8.37. The van der Waals surface area contributed by atoms with Gasteiger partial charge in [0.1, 0.15) is 11.6 Å². The van der Waals surface area contributed by atoms with Crippen molar-refractivity contribution >= 4 is 5.91 Å². The lowest BCUT2D eigenvalue weighted by atomic mass is 10.1. The molecule has 1 N–H and O–H groups in total. The van der Waals surface area contributed by atoms with Crippen molar-refractivity contribution in [1.82, 2.24) is 15.1 Å². The van der Waals surface area contributed by atoms with E-state index in [9.17, 15) is 13.6 Å². The highest BCUT2D eigenvalue weighted by Gasteiger charge is 2.22. The lowest BCUT2D eigenvalue weighted by molar-refractivity contribution is 0.0949. The minimum atomic E-state index is -0.868. The summed E-state index contributed by atoms with van der Waals surface area (Å²) in [6, 6.07) is 3.16. The first-order chi connectivity index (χ1) is 12.0. The predicted octanol–water partition coefficient (Wildman–Crippen LogP) is 2.79. The first-order valence-corrected chi connectivity index (χ1v) is 8.37. The van der Waals surface area contributed by atoms with E-state index in [-0.39, 0.29) is 11.6 Å². The minimum Gasteiger partial charge on any atom is -0.376 e. The van der Waals surface area contributed by atoms with Crippen molar-refractivity contribution < 1.29 is 18.3 Å². The number of carbonyl (C=O) groups is 1. The SMILES string of the molecule is CC(C)n1nc(CCNC(=O)c2ccc(F)cc2F)c2c1CCOC2. The van der Waals surface area contributed by atoms with Gasteiger partial charge in [-0.3, -0.25) is 9.48 Å². The second-order valence-electron chi connectivity index (χ2n) is 6.34. The van der Waals surface area contributed by atoms with Gasteiger partial charge in [-0.1, -0.05) is 0 Å². The van der Waals surface area contributed by atoms with E-state index in [0.29, 0.717) is 32.2 Å². The third-order valence-electron chi connectivity index (χ3n) is 4.24. The fourth-order valence-electron chi connectivity index (χ4n) is 3.02. The van der Waals surface area contributed by atoms with Crippen molar-refractivity contribution in [2.75, 3.05) is 13.2 Å². The summed E-state index contributed by atoms with van der Waals surface area (Å²) in [6.07, 6.45) is 1.35. The Hall–Kier alpha value is -2.28. The topological polar surface area (TPSA) is 56.2 Å². The fourth-order valence-corrected chi connectivity index (χ4v) is 3.02. The molecule has 3 rings (SSSR count). The Balaban J connectivity index is 1.67. The molecule has 5 nitrogen and oxygen atoms in total. The van der Waals surface area contributed by atoms with Gasteiger partial charge in [0.05, 0.1) is 24.5 Å². The van der Waals surface area contributed by atoms with Gasteiger partial charge in [-0.15, -0.1) is 0 Å². The van der Waals surface area contributed by atoms with Crippen molar-refractivity contribution in [2.45, 2.75) is 39.3 Å². The molecule has 2 aromatic rings. The number of nitrogens with zero attached hydrogens (tertiary/aromatic N) is 2. The third-order valence-corrected chi connectivity index (χ3v) is 4.24. The molecule has 0 atom stereocenters. The Morgan fingerprint density at radius 3 is 2.92 bits per heavy atom. The van der Waals surface area contributed by atoms with E-state index < -0.39 is 17.5 Å². The molecule has 25 heavy (non-hydrogen) atoms. The van der Waals surface area contributed by atoms with Crippen LogP contribution in [-0.4, -0.2) is 28.8 Å². The first kappa shape index (κ1) is 17.5. The highest BCUT2D eigenvalue weighted by atomic mass is 19.1. The Morgan fingerprint density at radius 1 is 1.40 bits per heavy atom. The van der Waals surface area contributed by atoms with Crippen LogP contribution in [0, 0.1) is 11.6 Å². The van der Waals surface area contributed by atoms with Crippen LogP contribution >= 0.6 is 0 Å². The number of nitrogens with one attached hydrogen (secondary N) is 1. The van der Waals surface area contributed by atoms with E-state index in [1.165, 1.54) is 5.69 Å². The molecule has 1 amide bonds. The molecule has 1 aliphatic heterocycles. The Labute approximate surface area is 145 Å². The van der Waals surface area contributed by atoms with E-state index in [1.54, 1.807) is 0 Å². The number of aromatic nitrogens is 2. The molecule has 0 unspecified atom stereocenters. The molecule has 0 saturated heterocycles. The number of carbonyl (C=O) groups excluding carboxylic acids is 1. The summed E-state index contributed by atoms with van der Waals surface area (Å²) in [5.74, 6) is -2.14. The van der Waals surface area contributed by atoms with Crippen LogP contribution in [0.1, 0.15) is 47.2 Å². The molecular formula is C18H21F2N3O2. The van der Waals surface area contributed by atoms with Gasteiger partial charge in [-0.2, -0.15) is 5.10 Å². The van der Waals surface area contributed by atoms with Crippen molar-refractivity contribution in [2.24, 2.45) is 0 Å². The molecule has 2 heterocycles. The van der Waals surface area contributed by atoms with Gasteiger partial charge < -0.3 is 10.1 Å². The van der Waals surface area contributed by atoms with Crippen molar-refractivity contribution in [3.8, 4) is 0 Å². The Morgan fingerprint density at radius 2 is 2.20 bits per heavy atom. The molecule has 1 aliphatic rings. The van der Waals surface area contributed by atoms with Gasteiger partial charge in [0, 0.05) is 42.8 Å². The van der Waals surface area contributed by atoms with Gasteiger partial charge in [-0.25, -0.2) is 8.78 Å². The van der Waals surface area contributed by atoms with Gasteiger partial charge >= 0.3 is 0 Å². The molecular weight excluding hydrogens is 328 g/mol. The number of hydrogen-bond donors (Lipinski definition) is 1. The smallest absolute Gasteiger partial charge is 0.254 e. The van der Waals surface area contributed by atoms with Crippen LogP contribution in [0.25, 0.3) is 0 Å². The van der Waals surface area contributed by atoms with Crippen LogP contribution in [0.2, 0.25) is 0 Å². The summed E-state index contributed by atoms with van der Waals surface area (Å²) in [5.41, 5.74) is 3.00. The zero-order valence-corrected chi connectivity index (χ0v) is 14.3. The molecule has 0 bridgehead atoms. The molecule has 0 aliphatic carbocycles. The standard InChI is InChI=1S/C18H21F2N3O2/c1-11(2)23-17-6-8-25-10-14(17)16(22-23)5-7-21-18(24)13-4-3-12(19)9-15(13)20/h3-4,9,11H,5-8,10H2,1-2H3,(H,21,24). The van der Waals surface area contributed by atoms with Crippen LogP contribution in [0.4, 0.5) is 8.78 Å². The monoisotopic (exact) mass is 349 g/mol. The summed E-state index contributed by atoms with van der Waals surface area (Å²) >= 11 is 0. The molecule has 0 fully saturated rings. The van der Waals surface area contributed by atoms with E-state index >= 15 is 0 Å². The summed E-state index contributed by atoms with van der Waals surface area (Å²) in [4.78, 5) is 12.0. The zero-order valence-electron chi connectivity index (χ0n) is 14.3. The number of fused-ring (bicyclic) bond motifs is 1. The lowest BCUT2D eigenvalue weighted by Gasteiger charge is -2.16. The van der Waals surface area contributed by atoms with Crippen molar-refractivity contribution in [1.29, 1.82) is 0 Å². The van der Waals surface area contributed by atoms with Crippen LogP contribution in [0.5, 0.6) is 0 Å². The maximum Gasteiger partial charge on any atom is 0.254 e. The second-order valence-corrected chi connectivity index (χ2v) is 6.34. The molecule has 0 saturated carbocycles. The number of ether oxygens (including phenoxy) is 1. The molecule has 0 spiro atoms. The zero-order chi connectivity index (χ0) is 18.0. The predicted molar refractivity (Wildman–Crippen MR) is 88.4 cm³/mol. The molecule has 134 valence electrons. The lowest BCUT2D eigenvalue weighted by Crippen LogP contribution is -2.27. The fraction of sp³-hybridized carbons (Fsp3) is 0.444. The number of amides is 1. The molecule has 1 aromatic heterocycles. The van der Waals surface area contributed by atoms with Crippen LogP contribution < -0.4 is 5.32 Å². The van der Waals surface area contributed by atoms with Gasteiger partial charge in [0.25, 0.3) is 5.91 Å². The number of hydrogen-bond acceptors (Lipinski definition) is 3. The number of rotatable bonds is 5. The van der Waals surface area contributed by atoms with E-state index in [4.69, 9.17) is 4.74 Å². The average Bonchev–Trinajstić information content (AvgIpc) is 2.94. The third kappa shape index (κ3) is 3.71. The highest BCUT2D eigenvalue weighted by molar-refractivity contribution is 5.94. The van der Waals surface area contributed by atoms with Gasteiger partial charge in [0.2, 0.25) is 0 Å². The summed E-state index contributed by atoms with van der Waals surface area (Å²) in [7, 11) is 0. The van der Waals surface area contributed by atoms with Crippen molar-refractivity contribution in [3.63, 3.8) is 0 Å². The number of benzene rings is 1. The van der Waals surface area contributed by atoms with Gasteiger partial charge in [-0.05, 0) is 26.0 Å². The molecule has 1 aromatic carbocycles. The second kappa shape index (κ2) is 7.31. The Kier molecular flexibility index (Phi) is 5.13. The van der Waals surface area contributed by atoms with E-state index in [1.807, 2.05) is 4.68 Å². The van der Waals surface area contributed by atoms with Crippen LogP contribution in [0.3, 0.4) is 0 Å². The van der Waals surface area contributed by atoms with Gasteiger partial charge in [0.15, 0.2) is 0 Å². The van der Waals surface area contributed by atoms with Crippen LogP contribution in [-0.2, 0) is 24.2 Å². The minimum absolute atomic E-state index is 0.167. The maximum atomic E-state index is 13.6. The normalized spacial score (nSPS) is 13.8. The summed E-state index contributed by atoms with van der Waals surface area (Å²) < 4.78 is 34.1. The Bertz CT molecular complexity index is 787. The number of halogens is 2. The molecule has 0 radical (unpaired) electrons. The van der Waals surface area contributed by atoms with E-state index in [2.05, 4.69) is 24.3 Å². The average molecular weight is 349 g/mol. The largest absolute Gasteiger partial charge is 0.376 e. The van der Waals surface area contributed by atoms with E-state index in [0.717, 1.165) is 29.8 Å². The molecule has 7 heteroatoms. The highest BCUT2D eigenvalue weighted by Crippen LogP contribution is 2.24. The summed E-state index contributed by atoms with van der Waals surface area (Å²) in [6.45, 7) is 5.68. The summed E-state index contributed by atoms with van der Waals surface area (Å²) in [5, 5.41) is 7.31.